The molecule has 23 heavy (non-hydrogen) atoms. The van der Waals surface area contributed by atoms with Crippen molar-refractivity contribution in [2.24, 2.45) is 0 Å². The van der Waals surface area contributed by atoms with Crippen LogP contribution in [0.2, 0.25) is 10.0 Å². The van der Waals surface area contributed by atoms with Gasteiger partial charge in [0, 0.05) is 12.0 Å². The number of hydrogen-bond acceptors (Lipinski definition) is 3. The Bertz CT molecular complexity index is 736. The van der Waals surface area contributed by atoms with E-state index in [0.29, 0.717) is 12.0 Å². The van der Waals surface area contributed by atoms with Crippen molar-refractivity contribution in [3.8, 4) is 0 Å². The molecular weight excluding hydrogens is 342 g/mol. The van der Waals surface area contributed by atoms with E-state index in [1.807, 2.05) is 0 Å². The highest BCUT2D eigenvalue weighted by Gasteiger charge is 2.18. The SMILES string of the molecule is COC(=O)c1c(Cl)cc(C(=O)CCc2cccc(F)c2)cc1Cl. The fourth-order valence-electron chi connectivity index (χ4n) is 2.13. The maximum absolute atomic E-state index is 13.1. The number of aryl methyl sites for hydroxylation is 1. The van der Waals surface area contributed by atoms with Gasteiger partial charge >= 0.3 is 5.97 Å². The van der Waals surface area contributed by atoms with Gasteiger partial charge in [0.2, 0.25) is 0 Å². The molecule has 0 amide bonds. The Morgan fingerprint density at radius 3 is 2.35 bits per heavy atom. The summed E-state index contributed by atoms with van der Waals surface area (Å²) in [7, 11) is 1.22. The van der Waals surface area contributed by atoms with Crippen molar-refractivity contribution in [2.75, 3.05) is 7.11 Å². The van der Waals surface area contributed by atoms with E-state index in [-0.39, 0.29) is 33.6 Å². The number of methoxy groups -OCH3 is 1. The topological polar surface area (TPSA) is 43.4 Å². The first-order chi connectivity index (χ1) is 10.9. The second-order valence-corrected chi connectivity index (χ2v) is 5.67. The molecule has 2 aromatic carbocycles. The zero-order valence-electron chi connectivity index (χ0n) is 12.2. The lowest BCUT2D eigenvalue weighted by atomic mass is 10.0. The number of carbonyl (C=O) groups excluding carboxylic acids is 2. The molecule has 120 valence electrons. The molecule has 3 nitrogen and oxygen atoms in total. The predicted octanol–water partition coefficient (Wildman–Crippen LogP) is 4.73. The molecule has 0 radical (unpaired) electrons. The number of esters is 1. The van der Waals surface area contributed by atoms with Crippen LogP contribution in [0.25, 0.3) is 0 Å². The number of benzene rings is 2. The summed E-state index contributed by atoms with van der Waals surface area (Å²) >= 11 is 12.0. The zero-order chi connectivity index (χ0) is 17.0. The van der Waals surface area contributed by atoms with E-state index in [1.165, 1.54) is 31.4 Å². The van der Waals surface area contributed by atoms with Crippen LogP contribution < -0.4 is 0 Å². The largest absolute Gasteiger partial charge is 0.465 e. The molecule has 0 spiro atoms. The molecule has 0 fully saturated rings. The van der Waals surface area contributed by atoms with Crippen LogP contribution in [-0.4, -0.2) is 18.9 Å². The van der Waals surface area contributed by atoms with Crippen LogP contribution in [0.15, 0.2) is 36.4 Å². The number of Topliss-reactive ketones (excluding diaryl/α,β-unsaturated/α-hetero) is 1. The lowest BCUT2D eigenvalue weighted by Gasteiger charge is -2.08. The van der Waals surface area contributed by atoms with E-state index in [4.69, 9.17) is 23.2 Å². The van der Waals surface area contributed by atoms with Crippen molar-refractivity contribution in [2.45, 2.75) is 12.8 Å². The molecule has 0 N–H and O–H groups in total. The molecule has 6 heteroatoms. The van der Waals surface area contributed by atoms with Gasteiger partial charge in [0.15, 0.2) is 5.78 Å². The van der Waals surface area contributed by atoms with E-state index in [0.717, 1.165) is 5.56 Å². The molecule has 0 aliphatic carbocycles. The highest BCUT2D eigenvalue weighted by atomic mass is 35.5. The molecule has 0 unspecified atom stereocenters. The summed E-state index contributed by atoms with van der Waals surface area (Å²) in [6.45, 7) is 0. The van der Waals surface area contributed by atoms with Crippen LogP contribution in [0.4, 0.5) is 4.39 Å². The van der Waals surface area contributed by atoms with Gasteiger partial charge in [0.05, 0.1) is 22.7 Å². The van der Waals surface area contributed by atoms with E-state index in [2.05, 4.69) is 4.74 Å². The van der Waals surface area contributed by atoms with E-state index >= 15 is 0 Å². The predicted molar refractivity (Wildman–Crippen MR) is 86.9 cm³/mol. The maximum atomic E-state index is 13.1. The van der Waals surface area contributed by atoms with Gasteiger partial charge in [-0.15, -0.1) is 0 Å². The van der Waals surface area contributed by atoms with Crippen LogP contribution in [0.3, 0.4) is 0 Å². The number of carbonyl (C=O) groups is 2. The zero-order valence-corrected chi connectivity index (χ0v) is 13.7. The Kier molecular flexibility index (Phi) is 5.74. The van der Waals surface area contributed by atoms with Crippen LogP contribution in [0.1, 0.15) is 32.7 Å². The summed E-state index contributed by atoms with van der Waals surface area (Å²) < 4.78 is 17.7. The van der Waals surface area contributed by atoms with Gasteiger partial charge in [0.25, 0.3) is 0 Å². The minimum absolute atomic E-state index is 0.0255. The lowest BCUT2D eigenvalue weighted by molar-refractivity contribution is 0.0600. The molecule has 0 aromatic heterocycles. The third-order valence-corrected chi connectivity index (χ3v) is 3.88. The van der Waals surface area contributed by atoms with Crippen molar-refractivity contribution in [3.05, 3.63) is 69.0 Å². The smallest absolute Gasteiger partial charge is 0.340 e. The van der Waals surface area contributed by atoms with Gasteiger partial charge in [-0.05, 0) is 36.2 Å². The monoisotopic (exact) mass is 354 g/mol. The first-order valence-corrected chi connectivity index (χ1v) is 7.53. The minimum Gasteiger partial charge on any atom is -0.465 e. The highest BCUT2D eigenvalue weighted by molar-refractivity contribution is 6.39. The van der Waals surface area contributed by atoms with Gasteiger partial charge in [-0.1, -0.05) is 35.3 Å². The first-order valence-electron chi connectivity index (χ1n) is 6.77. The van der Waals surface area contributed by atoms with E-state index in [1.54, 1.807) is 12.1 Å². The van der Waals surface area contributed by atoms with Crippen molar-refractivity contribution >= 4 is 35.0 Å². The van der Waals surface area contributed by atoms with Crippen LogP contribution in [-0.2, 0) is 11.2 Å². The summed E-state index contributed by atoms with van der Waals surface area (Å²) in [5, 5.41) is 0.108. The Balaban J connectivity index is 2.15. The van der Waals surface area contributed by atoms with E-state index < -0.39 is 5.97 Å². The molecule has 0 saturated carbocycles. The normalized spacial score (nSPS) is 10.4. The summed E-state index contributed by atoms with van der Waals surface area (Å²) in [4.78, 5) is 23.8. The maximum Gasteiger partial charge on any atom is 0.340 e. The van der Waals surface area contributed by atoms with E-state index in [9.17, 15) is 14.0 Å². The second-order valence-electron chi connectivity index (χ2n) is 4.86. The molecule has 0 aliphatic heterocycles. The fraction of sp³-hybridized carbons (Fsp3) is 0.176. The quantitative estimate of drug-likeness (QED) is 0.575. The highest BCUT2D eigenvalue weighted by Crippen LogP contribution is 2.28. The Morgan fingerprint density at radius 1 is 1.13 bits per heavy atom. The number of halogens is 3. The van der Waals surface area contributed by atoms with Crippen molar-refractivity contribution in [1.29, 1.82) is 0 Å². The molecule has 0 bridgehead atoms. The molecule has 0 atom stereocenters. The van der Waals surface area contributed by atoms with Crippen LogP contribution >= 0.6 is 23.2 Å². The summed E-state index contributed by atoms with van der Waals surface area (Å²) in [5.41, 5.74) is 1.04. The molecular formula is C17H13Cl2FO3. The molecule has 2 aromatic rings. The Labute approximate surface area is 143 Å². The number of ketones is 1. The average molecular weight is 355 g/mol. The number of ether oxygens (including phenoxy) is 1. The van der Waals surface area contributed by atoms with Gasteiger partial charge in [-0.25, -0.2) is 9.18 Å². The van der Waals surface area contributed by atoms with Gasteiger partial charge in [-0.3, -0.25) is 4.79 Å². The van der Waals surface area contributed by atoms with Gasteiger partial charge in [-0.2, -0.15) is 0 Å². The third-order valence-electron chi connectivity index (χ3n) is 3.28. The van der Waals surface area contributed by atoms with Crippen LogP contribution in [0.5, 0.6) is 0 Å². The Morgan fingerprint density at radius 2 is 1.78 bits per heavy atom. The molecule has 0 heterocycles. The molecule has 0 aliphatic rings. The number of rotatable bonds is 5. The third kappa shape index (κ3) is 4.30. The summed E-state index contributed by atoms with van der Waals surface area (Å²) in [6, 6.07) is 8.83. The van der Waals surface area contributed by atoms with Crippen molar-refractivity contribution in [3.63, 3.8) is 0 Å². The molecule has 2 rings (SSSR count). The minimum atomic E-state index is -0.668. The van der Waals surface area contributed by atoms with Crippen LogP contribution in [0, 0.1) is 5.82 Å². The second kappa shape index (κ2) is 7.57. The first kappa shape index (κ1) is 17.4. The van der Waals surface area contributed by atoms with Crippen molar-refractivity contribution < 1.29 is 18.7 Å². The lowest BCUT2D eigenvalue weighted by Crippen LogP contribution is -2.07. The fourth-order valence-corrected chi connectivity index (χ4v) is 2.77. The van der Waals surface area contributed by atoms with Crippen molar-refractivity contribution in [1.82, 2.24) is 0 Å². The van der Waals surface area contributed by atoms with Gasteiger partial charge < -0.3 is 4.74 Å². The number of hydrogen-bond donors (Lipinski definition) is 0. The average Bonchev–Trinajstić information content (AvgIpc) is 2.51. The Hall–Kier alpha value is -1.91. The standard InChI is InChI=1S/C17H13Cl2FO3/c1-23-17(22)16-13(18)8-11(9-14(16)19)15(21)6-5-10-3-2-4-12(20)7-10/h2-4,7-9H,5-6H2,1H3. The molecule has 0 saturated heterocycles. The summed E-state index contributed by atoms with van der Waals surface area (Å²) in [6.07, 6.45) is 0.568. The van der Waals surface area contributed by atoms with Gasteiger partial charge in [0.1, 0.15) is 5.82 Å². The summed E-state index contributed by atoms with van der Waals surface area (Å²) in [5.74, 6) is -1.21.